The first kappa shape index (κ1) is 13.3. The maximum Gasteiger partial charge on any atom is 0.225 e. The second kappa shape index (κ2) is 4.84. The Bertz CT molecular complexity index is 394. The number of anilines is 1. The highest BCUT2D eigenvalue weighted by atomic mass is 16.3. The standard InChI is InChI=1S/C14H23N3O/c1-10(2)11-7-15-13(16-8-11)17-6-5-12(9-17)14(3,4)18/h7-8,10,12,18H,5-6,9H2,1-4H3/t12-/m0/s1. The van der Waals surface area contributed by atoms with Gasteiger partial charge in [0.2, 0.25) is 5.95 Å². The lowest BCUT2D eigenvalue weighted by Crippen LogP contribution is -2.33. The second-order valence-corrected chi connectivity index (χ2v) is 6.06. The van der Waals surface area contributed by atoms with E-state index >= 15 is 0 Å². The topological polar surface area (TPSA) is 49.2 Å². The molecule has 1 atom stereocenters. The first-order valence-corrected chi connectivity index (χ1v) is 6.67. The Morgan fingerprint density at radius 2 is 1.94 bits per heavy atom. The minimum atomic E-state index is -0.618. The Morgan fingerprint density at radius 1 is 1.33 bits per heavy atom. The van der Waals surface area contributed by atoms with Crippen molar-refractivity contribution < 1.29 is 5.11 Å². The molecule has 4 nitrogen and oxygen atoms in total. The summed E-state index contributed by atoms with van der Waals surface area (Å²) in [7, 11) is 0. The molecule has 0 bridgehead atoms. The van der Waals surface area contributed by atoms with Crippen LogP contribution in [0.3, 0.4) is 0 Å². The fourth-order valence-electron chi connectivity index (χ4n) is 2.31. The molecule has 1 saturated heterocycles. The largest absolute Gasteiger partial charge is 0.390 e. The van der Waals surface area contributed by atoms with Crippen molar-refractivity contribution in [1.82, 2.24) is 9.97 Å². The summed E-state index contributed by atoms with van der Waals surface area (Å²) < 4.78 is 0. The third-order valence-electron chi connectivity index (χ3n) is 3.80. The molecule has 100 valence electrons. The molecule has 0 spiro atoms. The van der Waals surface area contributed by atoms with E-state index in [-0.39, 0.29) is 0 Å². The van der Waals surface area contributed by atoms with Crippen LogP contribution in [0.25, 0.3) is 0 Å². The van der Waals surface area contributed by atoms with Crippen molar-refractivity contribution in [2.45, 2.75) is 45.6 Å². The SMILES string of the molecule is CC(C)c1cnc(N2CC[C@H](C(C)(C)O)C2)nc1. The lowest BCUT2D eigenvalue weighted by atomic mass is 9.91. The van der Waals surface area contributed by atoms with Crippen molar-refractivity contribution in [2.24, 2.45) is 5.92 Å². The molecule has 2 heterocycles. The highest BCUT2D eigenvalue weighted by Gasteiger charge is 2.34. The van der Waals surface area contributed by atoms with E-state index in [9.17, 15) is 5.11 Å². The Balaban J connectivity index is 2.05. The first-order chi connectivity index (χ1) is 8.38. The lowest BCUT2D eigenvalue weighted by Gasteiger charge is -2.25. The van der Waals surface area contributed by atoms with Crippen molar-refractivity contribution in [1.29, 1.82) is 0 Å². The normalized spacial score (nSPS) is 20.8. The second-order valence-electron chi connectivity index (χ2n) is 6.06. The van der Waals surface area contributed by atoms with E-state index < -0.39 is 5.60 Å². The van der Waals surface area contributed by atoms with Gasteiger partial charge in [-0.3, -0.25) is 0 Å². The van der Waals surface area contributed by atoms with Gasteiger partial charge >= 0.3 is 0 Å². The average Bonchev–Trinajstić information content (AvgIpc) is 2.78. The van der Waals surface area contributed by atoms with Crippen LogP contribution in [0.4, 0.5) is 5.95 Å². The summed E-state index contributed by atoms with van der Waals surface area (Å²) in [5.74, 6) is 1.54. The van der Waals surface area contributed by atoms with E-state index in [1.54, 1.807) is 0 Å². The fourth-order valence-corrected chi connectivity index (χ4v) is 2.31. The summed E-state index contributed by atoms with van der Waals surface area (Å²) in [6, 6.07) is 0. The number of rotatable bonds is 3. The Labute approximate surface area is 109 Å². The van der Waals surface area contributed by atoms with Crippen LogP contribution >= 0.6 is 0 Å². The van der Waals surface area contributed by atoms with Crippen molar-refractivity contribution in [3.63, 3.8) is 0 Å². The molecular formula is C14H23N3O. The van der Waals surface area contributed by atoms with Gasteiger partial charge in [0.25, 0.3) is 0 Å². The highest BCUT2D eigenvalue weighted by Crippen LogP contribution is 2.29. The van der Waals surface area contributed by atoms with E-state index in [1.807, 2.05) is 26.2 Å². The van der Waals surface area contributed by atoms with Gasteiger partial charge in [0, 0.05) is 31.4 Å². The summed E-state index contributed by atoms with van der Waals surface area (Å²) in [6.45, 7) is 9.80. The Morgan fingerprint density at radius 3 is 2.39 bits per heavy atom. The summed E-state index contributed by atoms with van der Waals surface area (Å²) in [5.41, 5.74) is 0.545. The van der Waals surface area contributed by atoms with Gasteiger partial charge in [0.05, 0.1) is 5.60 Å². The molecule has 0 saturated carbocycles. The van der Waals surface area contributed by atoms with Gasteiger partial charge in [0.1, 0.15) is 0 Å². The van der Waals surface area contributed by atoms with Crippen LogP contribution in [0.2, 0.25) is 0 Å². The first-order valence-electron chi connectivity index (χ1n) is 6.67. The number of aliphatic hydroxyl groups is 1. The molecule has 0 aliphatic carbocycles. The molecule has 1 aliphatic rings. The quantitative estimate of drug-likeness (QED) is 0.892. The maximum atomic E-state index is 10.0. The third-order valence-corrected chi connectivity index (χ3v) is 3.80. The molecule has 0 radical (unpaired) electrons. The summed E-state index contributed by atoms with van der Waals surface area (Å²) >= 11 is 0. The molecule has 4 heteroatoms. The van der Waals surface area contributed by atoms with Gasteiger partial charge in [-0.15, -0.1) is 0 Å². The minimum Gasteiger partial charge on any atom is -0.390 e. The molecule has 1 aliphatic heterocycles. The minimum absolute atomic E-state index is 0.297. The van der Waals surface area contributed by atoms with Gasteiger partial charge in [-0.2, -0.15) is 0 Å². The van der Waals surface area contributed by atoms with E-state index in [0.717, 1.165) is 31.0 Å². The van der Waals surface area contributed by atoms with Gasteiger partial charge < -0.3 is 10.0 Å². The zero-order valence-corrected chi connectivity index (χ0v) is 11.7. The number of nitrogens with zero attached hydrogens (tertiary/aromatic N) is 3. The monoisotopic (exact) mass is 249 g/mol. The fraction of sp³-hybridized carbons (Fsp3) is 0.714. The van der Waals surface area contributed by atoms with Crippen LogP contribution in [0.5, 0.6) is 0 Å². The van der Waals surface area contributed by atoms with E-state index in [2.05, 4.69) is 28.7 Å². The molecule has 1 N–H and O–H groups in total. The molecule has 0 unspecified atom stereocenters. The lowest BCUT2D eigenvalue weighted by molar-refractivity contribution is 0.0263. The molecule has 18 heavy (non-hydrogen) atoms. The number of hydrogen-bond acceptors (Lipinski definition) is 4. The molecule has 1 fully saturated rings. The van der Waals surface area contributed by atoms with Crippen molar-refractivity contribution in [2.75, 3.05) is 18.0 Å². The van der Waals surface area contributed by atoms with Crippen LogP contribution in [0, 0.1) is 5.92 Å². The van der Waals surface area contributed by atoms with Crippen molar-refractivity contribution >= 4 is 5.95 Å². The Hall–Kier alpha value is -1.16. The van der Waals surface area contributed by atoms with Gasteiger partial charge in [-0.1, -0.05) is 13.8 Å². The zero-order valence-electron chi connectivity index (χ0n) is 11.7. The Kier molecular flexibility index (Phi) is 3.57. The van der Waals surface area contributed by atoms with Crippen molar-refractivity contribution in [3.05, 3.63) is 18.0 Å². The number of aromatic nitrogens is 2. The van der Waals surface area contributed by atoms with Crippen molar-refractivity contribution in [3.8, 4) is 0 Å². The van der Waals surface area contributed by atoms with Crippen LogP contribution < -0.4 is 4.90 Å². The maximum absolute atomic E-state index is 10.0. The van der Waals surface area contributed by atoms with Crippen LogP contribution in [0.15, 0.2) is 12.4 Å². The van der Waals surface area contributed by atoms with Crippen LogP contribution in [-0.4, -0.2) is 33.8 Å². The third kappa shape index (κ3) is 2.80. The number of hydrogen-bond donors (Lipinski definition) is 1. The predicted octanol–water partition coefficient (Wildman–Crippen LogP) is 2.20. The van der Waals surface area contributed by atoms with Crippen LogP contribution in [0.1, 0.15) is 45.6 Å². The predicted molar refractivity (Wildman–Crippen MR) is 72.7 cm³/mol. The molecule has 2 rings (SSSR count). The smallest absolute Gasteiger partial charge is 0.225 e. The van der Waals surface area contributed by atoms with Gasteiger partial charge in [-0.05, 0) is 31.7 Å². The molecular weight excluding hydrogens is 226 g/mol. The van der Waals surface area contributed by atoms with E-state index in [1.165, 1.54) is 0 Å². The summed E-state index contributed by atoms with van der Waals surface area (Å²) in [6.07, 6.45) is 4.81. The van der Waals surface area contributed by atoms with Gasteiger partial charge in [0.15, 0.2) is 0 Å². The molecule has 1 aromatic rings. The van der Waals surface area contributed by atoms with Gasteiger partial charge in [-0.25, -0.2) is 9.97 Å². The van der Waals surface area contributed by atoms with E-state index in [4.69, 9.17) is 0 Å². The summed E-state index contributed by atoms with van der Waals surface area (Å²) in [4.78, 5) is 11.0. The van der Waals surface area contributed by atoms with Crippen LogP contribution in [-0.2, 0) is 0 Å². The average molecular weight is 249 g/mol. The van der Waals surface area contributed by atoms with E-state index in [0.29, 0.717) is 11.8 Å². The highest BCUT2D eigenvalue weighted by molar-refractivity contribution is 5.32. The summed E-state index contributed by atoms with van der Waals surface area (Å²) in [5, 5.41) is 10.0. The molecule has 1 aromatic heterocycles. The molecule has 0 amide bonds. The zero-order chi connectivity index (χ0) is 13.3. The molecule has 0 aromatic carbocycles.